The summed E-state index contributed by atoms with van der Waals surface area (Å²) < 4.78 is 6.05. The third-order valence-electron chi connectivity index (χ3n) is 12.5. The van der Waals surface area contributed by atoms with Gasteiger partial charge in [-0.15, -0.1) is 0 Å². The summed E-state index contributed by atoms with van der Waals surface area (Å²) in [4.78, 5) is 35.9. The highest BCUT2D eigenvalue weighted by molar-refractivity contribution is 6.02. The van der Waals surface area contributed by atoms with Crippen molar-refractivity contribution in [3.8, 4) is 16.9 Å². The Morgan fingerprint density at radius 2 is 1.83 bits per heavy atom. The third-order valence-corrected chi connectivity index (χ3v) is 12.5. The van der Waals surface area contributed by atoms with Gasteiger partial charge in [-0.25, -0.2) is 0 Å². The van der Waals surface area contributed by atoms with Gasteiger partial charge in [0.15, 0.2) is 5.78 Å². The second-order valence-electron chi connectivity index (χ2n) is 16.1. The van der Waals surface area contributed by atoms with Gasteiger partial charge in [-0.1, -0.05) is 75.4 Å². The maximum absolute atomic E-state index is 14.2. The number of nitrogens with zero attached hydrogens (tertiary/aromatic N) is 2. The molecule has 9 nitrogen and oxygen atoms in total. The van der Waals surface area contributed by atoms with Gasteiger partial charge in [0.05, 0.1) is 26.4 Å². The van der Waals surface area contributed by atoms with Crippen molar-refractivity contribution in [1.82, 2.24) is 10.4 Å². The average molecular weight is 712 g/mol. The average Bonchev–Trinajstić information content (AvgIpc) is 3.50. The van der Waals surface area contributed by atoms with Crippen molar-refractivity contribution in [3.63, 3.8) is 0 Å². The number of fused-ring (bicyclic) bond motifs is 2. The predicted octanol–water partition coefficient (Wildman–Crippen LogP) is 6.29. The molecule has 0 spiro atoms. The molecule has 1 amide bonds. The van der Waals surface area contributed by atoms with Gasteiger partial charge in [0.1, 0.15) is 17.9 Å². The van der Waals surface area contributed by atoms with Crippen LogP contribution in [0.1, 0.15) is 74.9 Å². The zero-order valence-corrected chi connectivity index (χ0v) is 31.8. The number of Topliss-reactive ketones (excluding diaryl/α,β-unsaturated/α-hetero) is 1. The Balaban J connectivity index is 1.23. The van der Waals surface area contributed by atoms with Crippen LogP contribution in [-0.2, 0) is 22.6 Å². The van der Waals surface area contributed by atoms with Crippen LogP contribution in [0, 0.1) is 29.1 Å². The first-order valence-electron chi connectivity index (χ1n) is 18.9. The molecule has 0 unspecified atom stereocenters. The predicted molar refractivity (Wildman–Crippen MR) is 204 cm³/mol. The molecule has 0 aromatic heterocycles. The van der Waals surface area contributed by atoms with Crippen molar-refractivity contribution in [2.24, 2.45) is 29.1 Å². The number of ether oxygens (including phenoxy) is 1. The fourth-order valence-corrected chi connectivity index (χ4v) is 9.37. The maximum Gasteiger partial charge on any atom is 0.240 e. The Bertz CT molecular complexity index is 1720. The molecule has 4 fully saturated rings. The van der Waals surface area contributed by atoms with Gasteiger partial charge in [-0.05, 0) is 79.0 Å². The normalized spacial score (nSPS) is 27.1. The van der Waals surface area contributed by atoms with Gasteiger partial charge in [-0.3, -0.25) is 14.4 Å². The lowest BCUT2D eigenvalue weighted by Crippen LogP contribution is -2.62. The smallest absolute Gasteiger partial charge is 0.240 e. The van der Waals surface area contributed by atoms with Gasteiger partial charge >= 0.3 is 0 Å². The van der Waals surface area contributed by atoms with E-state index in [1.165, 1.54) is 12.0 Å². The third kappa shape index (κ3) is 7.38. The van der Waals surface area contributed by atoms with E-state index >= 15 is 0 Å². The van der Waals surface area contributed by atoms with Crippen LogP contribution >= 0.6 is 0 Å². The summed E-state index contributed by atoms with van der Waals surface area (Å²) in [5.41, 5.74) is 5.56. The second kappa shape index (κ2) is 15.7. The molecule has 8 atom stereocenters. The van der Waals surface area contributed by atoms with Crippen molar-refractivity contribution in [2.45, 2.75) is 90.6 Å². The van der Waals surface area contributed by atoms with E-state index in [2.05, 4.69) is 38.2 Å². The van der Waals surface area contributed by atoms with Crippen molar-refractivity contribution in [3.05, 3.63) is 83.4 Å². The minimum Gasteiger partial charge on any atom is -0.496 e. The molecule has 3 aliphatic carbocycles. The summed E-state index contributed by atoms with van der Waals surface area (Å²) in [6.07, 6.45) is 2.62. The molecule has 4 aliphatic rings. The van der Waals surface area contributed by atoms with Crippen LogP contribution in [0.3, 0.4) is 0 Å². The van der Waals surface area contributed by atoms with Gasteiger partial charge in [0.2, 0.25) is 5.91 Å². The lowest BCUT2D eigenvalue weighted by Gasteiger charge is -2.62. The minimum absolute atomic E-state index is 0.0522. The highest BCUT2D eigenvalue weighted by Gasteiger charge is 2.57. The lowest BCUT2D eigenvalue weighted by atomic mass is 9.45. The zero-order chi connectivity index (χ0) is 37.3. The monoisotopic (exact) mass is 711 g/mol. The number of nitrogens with one attached hydrogen (secondary N) is 1. The summed E-state index contributed by atoms with van der Waals surface area (Å²) in [7, 11) is 5.51. The van der Waals surface area contributed by atoms with Crippen molar-refractivity contribution >= 4 is 17.4 Å². The molecule has 3 aromatic carbocycles. The number of methoxy groups -OCH3 is 1. The van der Waals surface area contributed by atoms with E-state index in [1.807, 2.05) is 73.6 Å². The Hall–Kier alpha value is -3.76. The number of ketones is 1. The van der Waals surface area contributed by atoms with Crippen LogP contribution < -0.4 is 15.0 Å². The quantitative estimate of drug-likeness (QED) is 0.167. The first-order valence-corrected chi connectivity index (χ1v) is 18.9. The van der Waals surface area contributed by atoms with Gasteiger partial charge in [0.25, 0.3) is 0 Å². The van der Waals surface area contributed by atoms with E-state index < -0.39 is 24.2 Å². The van der Waals surface area contributed by atoms with Crippen LogP contribution in [0.5, 0.6) is 5.75 Å². The Morgan fingerprint density at radius 3 is 2.46 bits per heavy atom. The summed E-state index contributed by atoms with van der Waals surface area (Å²) in [6.45, 7) is 8.45. The van der Waals surface area contributed by atoms with Crippen LogP contribution in [0.4, 0.5) is 5.69 Å². The van der Waals surface area contributed by atoms with Crippen molar-refractivity contribution in [2.75, 3.05) is 32.7 Å². The molecular weight excluding hydrogens is 654 g/mol. The Labute approximate surface area is 309 Å². The second-order valence-corrected chi connectivity index (χ2v) is 16.1. The number of amides is 1. The highest BCUT2D eigenvalue weighted by atomic mass is 16.7. The highest BCUT2D eigenvalue weighted by Crippen LogP contribution is 2.61. The number of rotatable bonds is 14. The SMILES string of the molecule is COc1c(CN2O[C@@H](CO)[C@H]([C@H](C)O)[C@H]2C(=O)N[C@@H]2C[C@@H]3C[C@H]([C@@H]2C)C3(C)C)cccc1-c1ccc(C(=O)CCCc2ccccc2)c(N(C)C)c1. The van der Waals surface area contributed by atoms with Gasteiger partial charge < -0.3 is 25.2 Å². The molecule has 3 N–H and O–H groups in total. The van der Waals surface area contributed by atoms with E-state index in [4.69, 9.17) is 9.57 Å². The van der Waals surface area contributed by atoms with Crippen LogP contribution in [0.15, 0.2) is 66.7 Å². The fourth-order valence-electron chi connectivity index (χ4n) is 9.37. The van der Waals surface area contributed by atoms with Crippen LogP contribution in [0.25, 0.3) is 11.1 Å². The molecule has 1 saturated heterocycles. The topological polar surface area (TPSA) is 112 Å². The van der Waals surface area contributed by atoms with Crippen LogP contribution in [0.2, 0.25) is 0 Å². The molecule has 1 heterocycles. The van der Waals surface area contributed by atoms with Crippen molar-refractivity contribution in [1.29, 1.82) is 0 Å². The molecule has 3 saturated carbocycles. The van der Waals surface area contributed by atoms with Gasteiger partial charge in [0, 0.05) is 54.9 Å². The van der Waals surface area contributed by atoms with E-state index in [1.54, 1.807) is 19.1 Å². The zero-order valence-electron chi connectivity index (χ0n) is 31.8. The number of aliphatic hydroxyl groups excluding tert-OH is 2. The number of hydrogen-bond acceptors (Lipinski definition) is 8. The maximum atomic E-state index is 14.2. The van der Waals surface area contributed by atoms with Crippen molar-refractivity contribution < 1.29 is 29.4 Å². The lowest BCUT2D eigenvalue weighted by molar-refractivity contribution is -0.183. The van der Waals surface area contributed by atoms with E-state index in [0.717, 1.165) is 41.6 Å². The summed E-state index contributed by atoms with van der Waals surface area (Å²) >= 11 is 0. The Kier molecular flexibility index (Phi) is 11.5. The molecule has 7 rings (SSSR count). The molecule has 2 bridgehead atoms. The summed E-state index contributed by atoms with van der Waals surface area (Å²) in [5.74, 6) is 1.42. The summed E-state index contributed by atoms with van der Waals surface area (Å²) in [5, 5.41) is 26.2. The molecule has 3 aromatic rings. The van der Waals surface area contributed by atoms with Crippen LogP contribution in [-0.4, -0.2) is 79.1 Å². The summed E-state index contributed by atoms with van der Waals surface area (Å²) in [6, 6.07) is 21.2. The minimum atomic E-state index is -0.883. The number of anilines is 1. The molecule has 280 valence electrons. The number of carbonyl (C=O) groups is 2. The number of hydrogen-bond donors (Lipinski definition) is 3. The Morgan fingerprint density at radius 1 is 1.08 bits per heavy atom. The number of aryl methyl sites for hydroxylation is 1. The van der Waals surface area contributed by atoms with Gasteiger partial charge in [-0.2, -0.15) is 5.06 Å². The number of benzene rings is 3. The number of carbonyl (C=O) groups excluding carboxylic acids is 2. The number of para-hydroxylation sites is 1. The van der Waals surface area contributed by atoms with E-state index in [0.29, 0.717) is 40.9 Å². The van der Waals surface area contributed by atoms with E-state index in [9.17, 15) is 19.8 Å². The molecular formula is C43H57N3O6. The number of aliphatic hydroxyl groups is 2. The number of hydroxylamine groups is 2. The largest absolute Gasteiger partial charge is 0.496 e. The standard InChI is InChI=1S/C43H57N3O6/c1-26-34-22-31(43(34,3)4)23-35(26)44-42(50)40-39(27(2)48)38(25-47)52-46(40)24-30-16-12-17-32(41(30)51-7)29-19-20-33(36(21-29)45(5)6)37(49)18-11-15-28-13-9-8-10-14-28/h8-10,12-14,16-17,19-21,26-27,31,34-35,38-40,47-48H,11,15,18,22-25H2,1-7H3,(H,44,50)/t26-,27-,31-,34+,35+,38-,39-,40-/m0/s1. The van der Waals surface area contributed by atoms with E-state index in [-0.39, 0.29) is 30.9 Å². The molecule has 1 aliphatic heterocycles. The molecule has 52 heavy (non-hydrogen) atoms. The first-order chi connectivity index (χ1) is 24.8. The molecule has 9 heteroatoms. The fraction of sp³-hybridized carbons (Fsp3) is 0.535. The first kappa shape index (κ1) is 38.0. The molecule has 0 radical (unpaired) electrons.